The first-order chi connectivity index (χ1) is 20.7. The number of aryl methyl sites for hydroxylation is 1. The number of carboxylic acids is 2. The van der Waals surface area contributed by atoms with Crippen molar-refractivity contribution in [2.75, 3.05) is 5.32 Å². The number of nitrogens with two attached hydrogens (primary N) is 1. The molecule has 0 saturated heterocycles. The molecule has 12 nitrogen and oxygen atoms in total. The van der Waals surface area contributed by atoms with Gasteiger partial charge in [-0.2, -0.15) is 26.3 Å². The SMILES string of the molecule is Cc1ccc2nc(C(=O)N3C(C)C=CC3C)nc(NC3CCCCC3NC(=N)N)c2c1.O=C(O)C(F)(F)F.O=C(O)C(F)(F)F. The summed E-state index contributed by atoms with van der Waals surface area (Å²) in [5.41, 5.74) is 7.46. The number of benzene rings is 1. The summed E-state index contributed by atoms with van der Waals surface area (Å²) in [6.07, 6.45) is -2.04. The van der Waals surface area contributed by atoms with Gasteiger partial charge in [-0.05, 0) is 45.7 Å². The molecule has 1 amide bonds. The van der Waals surface area contributed by atoms with Gasteiger partial charge in [0.15, 0.2) is 5.96 Å². The maximum Gasteiger partial charge on any atom is 0.490 e. The van der Waals surface area contributed by atoms with E-state index in [1.807, 2.05) is 51.1 Å². The molecule has 2 heterocycles. The van der Waals surface area contributed by atoms with Gasteiger partial charge in [-0.1, -0.05) is 36.6 Å². The zero-order valence-corrected chi connectivity index (χ0v) is 24.3. The van der Waals surface area contributed by atoms with E-state index in [0.29, 0.717) is 5.82 Å². The summed E-state index contributed by atoms with van der Waals surface area (Å²) >= 11 is 0. The molecule has 4 unspecified atom stereocenters. The number of anilines is 1. The Kier molecular flexibility index (Phi) is 12.1. The van der Waals surface area contributed by atoms with Crippen LogP contribution < -0.4 is 16.4 Å². The van der Waals surface area contributed by atoms with Crippen LogP contribution in [0.15, 0.2) is 30.4 Å². The number of nitrogens with zero attached hydrogens (tertiary/aromatic N) is 3. The Morgan fingerprint density at radius 3 is 1.89 bits per heavy atom. The maximum atomic E-state index is 13.3. The second-order valence-electron chi connectivity index (χ2n) is 10.3. The van der Waals surface area contributed by atoms with E-state index in [2.05, 4.69) is 15.6 Å². The normalized spacial score (nSPS) is 21.1. The van der Waals surface area contributed by atoms with E-state index in [0.717, 1.165) is 42.1 Å². The third-order valence-corrected chi connectivity index (χ3v) is 6.74. The van der Waals surface area contributed by atoms with Crippen molar-refractivity contribution in [2.45, 2.75) is 83.0 Å². The first-order valence-corrected chi connectivity index (χ1v) is 13.5. The Bertz CT molecular complexity index is 1400. The van der Waals surface area contributed by atoms with Crippen LogP contribution in [0.25, 0.3) is 10.9 Å². The van der Waals surface area contributed by atoms with Crippen LogP contribution in [0, 0.1) is 12.3 Å². The van der Waals surface area contributed by atoms with Crippen molar-refractivity contribution in [1.29, 1.82) is 5.41 Å². The molecule has 1 aromatic heterocycles. The van der Waals surface area contributed by atoms with Gasteiger partial charge in [-0.25, -0.2) is 19.6 Å². The van der Waals surface area contributed by atoms with Crippen molar-refractivity contribution in [3.05, 3.63) is 41.7 Å². The van der Waals surface area contributed by atoms with Crippen LogP contribution in [0.5, 0.6) is 0 Å². The van der Waals surface area contributed by atoms with E-state index in [4.69, 9.17) is 35.9 Å². The molecule has 1 aliphatic heterocycles. The molecule has 18 heteroatoms. The van der Waals surface area contributed by atoms with Gasteiger partial charge in [-0.3, -0.25) is 10.2 Å². The number of carboxylic acid groups (broad SMARTS) is 2. The number of aliphatic carboxylic acids is 2. The van der Waals surface area contributed by atoms with Crippen molar-refractivity contribution in [2.24, 2.45) is 5.73 Å². The summed E-state index contributed by atoms with van der Waals surface area (Å²) in [6.45, 7) is 6.03. The van der Waals surface area contributed by atoms with Gasteiger partial charge >= 0.3 is 24.3 Å². The molecule has 1 saturated carbocycles. The second-order valence-corrected chi connectivity index (χ2v) is 10.3. The average Bonchev–Trinajstić information content (AvgIpc) is 3.26. The topological polar surface area (TPSA) is 195 Å². The number of guanidine groups is 1. The number of halogens is 6. The van der Waals surface area contributed by atoms with E-state index in [9.17, 15) is 31.1 Å². The van der Waals surface area contributed by atoms with Gasteiger partial charge in [0.2, 0.25) is 5.82 Å². The van der Waals surface area contributed by atoms with Crippen molar-refractivity contribution in [3.63, 3.8) is 0 Å². The predicted molar refractivity (Wildman–Crippen MR) is 151 cm³/mol. The molecule has 7 N–H and O–H groups in total. The Morgan fingerprint density at radius 1 is 0.933 bits per heavy atom. The highest BCUT2D eigenvalue weighted by molar-refractivity contribution is 5.97. The molecule has 4 atom stereocenters. The number of carbonyl (C=O) groups excluding carboxylic acids is 1. The lowest BCUT2D eigenvalue weighted by Crippen LogP contribution is -2.50. The van der Waals surface area contributed by atoms with Crippen molar-refractivity contribution in [1.82, 2.24) is 20.2 Å². The summed E-state index contributed by atoms with van der Waals surface area (Å²) < 4.78 is 63.5. The Morgan fingerprint density at radius 2 is 1.42 bits per heavy atom. The molecule has 45 heavy (non-hydrogen) atoms. The number of amides is 1. The fourth-order valence-corrected chi connectivity index (χ4v) is 4.66. The van der Waals surface area contributed by atoms with Crippen LogP contribution in [-0.2, 0) is 9.59 Å². The minimum atomic E-state index is -5.08. The number of hydrogen-bond donors (Lipinski definition) is 6. The lowest BCUT2D eigenvalue weighted by atomic mass is 9.90. The number of rotatable bonds is 4. The summed E-state index contributed by atoms with van der Waals surface area (Å²) in [5.74, 6) is -4.85. The van der Waals surface area contributed by atoms with Gasteiger partial charge in [0.25, 0.3) is 5.91 Å². The number of hydrogen-bond acceptors (Lipinski definition) is 7. The minimum Gasteiger partial charge on any atom is -0.475 e. The van der Waals surface area contributed by atoms with Gasteiger partial charge in [0.05, 0.1) is 5.52 Å². The smallest absolute Gasteiger partial charge is 0.475 e. The molecule has 4 rings (SSSR count). The summed E-state index contributed by atoms with van der Waals surface area (Å²) in [7, 11) is 0. The van der Waals surface area contributed by atoms with Crippen LogP contribution in [0.1, 0.15) is 55.7 Å². The van der Waals surface area contributed by atoms with Gasteiger partial charge in [-0.15, -0.1) is 0 Å². The average molecular weight is 650 g/mol. The summed E-state index contributed by atoms with van der Waals surface area (Å²) in [6, 6.07) is 6.11. The Labute approximate surface area is 253 Å². The maximum absolute atomic E-state index is 13.3. The van der Waals surface area contributed by atoms with E-state index < -0.39 is 24.3 Å². The second kappa shape index (κ2) is 14.9. The van der Waals surface area contributed by atoms with Gasteiger partial charge in [0.1, 0.15) is 5.82 Å². The first kappa shape index (κ1) is 36.6. The molecule has 1 aromatic carbocycles. The summed E-state index contributed by atoms with van der Waals surface area (Å²) in [4.78, 5) is 42.2. The van der Waals surface area contributed by atoms with Crippen LogP contribution in [-0.4, -0.2) is 85.4 Å². The molecule has 0 spiro atoms. The molecule has 248 valence electrons. The lowest BCUT2D eigenvalue weighted by molar-refractivity contribution is -0.193. The number of aromatic nitrogens is 2. The molecule has 1 aliphatic carbocycles. The van der Waals surface area contributed by atoms with Crippen LogP contribution >= 0.6 is 0 Å². The lowest BCUT2D eigenvalue weighted by Gasteiger charge is -2.33. The Hall–Kier alpha value is -4.64. The van der Waals surface area contributed by atoms with Crippen LogP contribution in [0.2, 0.25) is 0 Å². The van der Waals surface area contributed by atoms with Crippen molar-refractivity contribution >= 4 is 40.5 Å². The first-order valence-electron chi connectivity index (χ1n) is 13.5. The van der Waals surface area contributed by atoms with Crippen molar-refractivity contribution in [3.8, 4) is 0 Å². The fourth-order valence-electron chi connectivity index (χ4n) is 4.66. The van der Waals surface area contributed by atoms with E-state index in [-0.39, 0.29) is 41.9 Å². The van der Waals surface area contributed by atoms with E-state index in [1.165, 1.54) is 0 Å². The fraction of sp³-hybridized carbons (Fsp3) is 0.481. The third-order valence-electron chi connectivity index (χ3n) is 6.74. The minimum absolute atomic E-state index is 0.0127. The molecule has 0 radical (unpaired) electrons. The molecule has 2 aromatic rings. The van der Waals surface area contributed by atoms with Crippen LogP contribution in [0.4, 0.5) is 32.2 Å². The number of alkyl halides is 6. The number of nitrogens with one attached hydrogen (secondary N) is 3. The highest BCUT2D eigenvalue weighted by atomic mass is 19.4. The van der Waals surface area contributed by atoms with Gasteiger partial charge in [0, 0.05) is 29.6 Å². The standard InChI is InChI=1S/C23H31N7O.2C2HF3O2/c1-13-8-11-17-16(12-13)20(27-18-6-4-5-7-19(18)28-23(24)25)29-21(26-17)22(31)30-14(2)9-10-15(30)3;2*3-2(4,5)1(6)7/h8-12,14-15,18-19H,4-7H2,1-3H3,(H4,24,25,28)(H,26,27,29);2*(H,6,7). The molecule has 1 fully saturated rings. The van der Waals surface area contributed by atoms with E-state index >= 15 is 0 Å². The van der Waals surface area contributed by atoms with Gasteiger partial charge < -0.3 is 31.5 Å². The van der Waals surface area contributed by atoms with Crippen LogP contribution in [0.3, 0.4) is 0 Å². The Balaban J connectivity index is 0.000000421. The zero-order valence-electron chi connectivity index (χ0n) is 24.3. The zero-order chi connectivity index (χ0) is 34.3. The molecular weight excluding hydrogens is 616 g/mol. The third kappa shape index (κ3) is 10.5. The number of fused-ring (bicyclic) bond motifs is 1. The number of carbonyl (C=O) groups is 3. The van der Waals surface area contributed by atoms with Crippen molar-refractivity contribution < 1.29 is 50.9 Å². The molecular formula is C27H33F6N7O5. The molecule has 2 aliphatic rings. The quantitative estimate of drug-likeness (QED) is 0.121. The largest absolute Gasteiger partial charge is 0.490 e. The summed E-state index contributed by atoms with van der Waals surface area (Å²) in [5, 5.41) is 29.4. The highest BCUT2D eigenvalue weighted by Gasteiger charge is 2.39. The molecule has 0 bridgehead atoms. The monoisotopic (exact) mass is 649 g/mol. The predicted octanol–water partition coefficient (Wildman–Crippen LogP) is 4.20. The highest BCUT2D eigenvalue weighted by Crippen LogP contribution is 2.28. The van der Waals surface area contributed by atoms with E-state index in [1.54, 1.807) is 4.90 Å².